The molecule has 0 bridgehead atoms. The summed E-state index contributed by atoms with van der Waals surface area (Å²) in [5, 5.41) is 2.90. The summed E-state index contributed by atoms with van der Waals surface area (Å²) in [6.45, 7) is 4.52. The van der Waals surface area contributed by atoms with Crippen LogP contribution in [0.5, 0.6) is 0 Å². The average Bonchev–Trinajstić information content (AvgIpc) is 2.92. The molecular weight excluding hydrogens is 319 g/mol. The minimum Gasteiger partial charge on any atom is -0.351 e. The number of hydrogen-bond donors (Lipinski definition) is 1. The van der Waals surface area contributed by atoms with Crippen LogP contribution in [0.1, 0.15) is 23.1 Å². The molecule has 3 rings (SSSR count). The summed E-state index contributed by atoms with van der Waals surface area (Å²) in [6.07, 6.45) is 0.469. The van der Waals surface area contributed by atoms with Gasteiger partial charge in [-0.2, -0.15) is 0 Å². The van der Waals surface area contributed by atoms with Crippen LogP contribution < -0.4 is 10.2 Å². The smallest absolute Gasteiger partial charge is 0.229 e. The van der Waals surface area contributed by atoms with Crippen molar-refractivity contribution < 1.29 is 14.0 Å². The Balaban J connectivity index is 1.61. The van der Waals surface area contributed by atoms with Crippen molar-refractivity contribution in [1.29, 1.82) is 0 Å². The Morgan fingerprint density at radius 3 is 2.56 bits per heavy atom. The van der Waals surface area contributed by atoms with Gasteiger partial charge in [0.1, 0.15) is 5.82 Å². The molecule has 2 aromatic carbocycles. The van der Waals surface area contributed by atoms with Gasteiger partial charge < -0.3 is 10.2 Å². The second-order valence-corrected chi connectivity index (χ2v) is 6.54. The Morgan fingerprint density at radius 2 is 1.88 bits per heavy atom. The van der Waals surface area contributed by atoms with E-state index in [1.54, 1.807) is 17.0 Å². The third-order valence-electron chi connectivity index (χ3n) is 4.57. The Kier molecular flexibility index (Phi) is 4.83. The van der Waals surface area contributed by atoms with E-state index in [0.717, 1.165) is 16.8 Å². The monoisotopic (exact) mass is 340 g/mol. The number of aryl methyl sites for hydroxylation is 2. The van der Waals surface area contributed by atoms with Gasteiger partial charge in [0.25, 0.3) is 0 Å². The summed E-state index contributed by atoms with van der Waals surface area (Å²) in [7, 11) is 0. The number of nitrogens with zero attached hydrogens (tertiary/aromatic N) is 1. The van der Waals surface area contributed by atoms with Gasteiger partial charge in [0.05, 0.1) is 12.5 Å². The number of amides is 2. The molecule has 1 aliphatic rings. The molecule has 1 atom stereocenters. The van der Waals surface area contributed by atoms with Gasteiger partial charge in [0.2, 0.25) is 11.8 Å². The van der Waals surface area contributed by atoms with E-state index in [-0.39, 0.29) is 30.1 Å². The van der Waals surface area contributed by atoms with Crippen molar-refractivity contribution in [1.82, 2.24) is 5.32 Å². The molecule has 25 heavy (non-hydrogen) atoms. The number of halogens is 1. The number of benzene rings is 2. The van der Waals surface area contributed by atoms with Crippen LogP contribution in [0, 0.1) is 19.7 Å². The fourth-order valence-electron chi connectivity index (χ4n) is 3.01. The molecule has 1 fully saturated rings. The van der Waals surface area contributed by atoms with Gasteiger partial charge in [-0.15, -0.1) is 0 Å². The molecule has 0 aliphatic carbocycles. The summed E-state index contributed by atoms with van der Waals surface area (Å²) in [5.74, 6) is -0.476. The van der Waals surface area contributed by atoms with Crippen LogP contribution in [-0.4, -0.2) is 24.4 Å². The molecule has 1 N–H and O–H groups in total. The second-order valence-electron chi connectivity index (χ2n) is 6.54. The van der Waals surface area contributed by atoms with Gasteiger partial charge in [-0.1, -0.05) is 18.2 Å². The molecule has 4 nitrogen and oxygen atoms in total. The summed E-state index contributed by atoms with van der Waals surface area (Å²) in [5.41, 5.74) is 3.92. The minimum atomic E-state index is -0.324. The number of anilines is 1. The summed E-state index contributed by atoms with van der Waals surface area (Å²) in [4.78, 5) is 26.2. The highest BCUT2D eigenvalue weighted by molar-refractivity contribution is 5.97. The predicted molar refractivity (Wildman–Crippen MR) is 94.9 cm³/mol. The van der Waals surface area contributed by atoms with Crippen LogP contribution in [0.4, 0.5) is 10.1 Å². The molecule has 0 spiro atoms. The van der Waals surface area contributed by atoms with Crippen LogP contribution in [0.25, 0.3) is 0 Å². The number of rotatable bonds is 4. The van der Waals surface area contributed by atoms with Gasteiger partial charge in [-0.05, 0) is 54.8 Å². The third-order valence-corrected chi connectivity index (χ3v) is 4.57. The van der Waals surface area contributed by atoms with Crippen LogP contribution in [-0.2, 0) is 16.0 Å². The van der Waals surface area contributed by atoms with Crippen molar-refractivity contribution >= 4 is 17.5 Å². The Bertz CT molecular complexity index is 802. The van der Waals surface area contributed by atoms with Gasteiger partial charge in [0, 0.05) is 18.7 Å². The molecule has 2 aromatic rings. The zero-order valence-corrected chi connectivity index (χ0v) is 14.4. The standard InChI is InChI=1S/C20H21FN2O2/c1-13-3-8-18(9-14(13)2)23-12-17(11-20(23)25)22-19(24)10-15-4-6-16(21)7-5-15/h3-9,17H,10-12H2,1-2H3,(H,22,24). The Labute approximate surface area is 146 Å². The van der Waals surface area contributed by atoms with Crippen LogP contribution >= 0.6 is 0 Å². The zero-order chi connectivity index (χ0) is 18.0. The lowest BCUT2D eigenvalue weighted by Gasteiger charge is -2.18. The van der Waals surface area contributed by atoms with Gasteiger partial charge in [0.15, 0.2) is 0 Å². The lowest BCUT2D eigenvalue weighted by atomic mass is 10.1. The van der Waals surface area contributed by atoms with Crippen molar-refractivity contribution in [3.05, 3.63) is 65.0 Å². The first-order valence-electron chi connectivity index (χ1n) is 8.34. The maximum atomic E-state index is 12.9. The van der Waals surface area contributed by atoms with Crippen molar-refractivity contribution in [3.8, 4) is 0 Å². The first kappa shape index (κ1) is 17.1. The topological polar surface area (TPSA) is 49.4 Å². The average molecular weight is 340 g/mol. The van der Waals surface area contributed by atoms with Gasteiger partial charge in [-0.3, -0.25) is 9.59 Å². The van der Waals surface area contributed by atoms with Crippen LogP contribution in [0.2, 0.25) is 0 Å². The molecule has 0 saturated carbocycles. The van der Waals surface area contributed by atoms with Gasteiger partial charge >= 0.3 is 0 Å². The van der Waals surface area contributed by atoms with E-state index in [4.69, 9.17) is 0 Å². The fraction of sp³-hybridized carbons (Fsp3) is 0.300. The molecule has 5 heteroatoms. The summed E-state index contributed by atoms with van der Waals surface area (Å²) in [6, 6.07) is 11.6. The highest BCUT2D eigenvalue weighted by Crippen LogP contribution is 2.24. The van der Waals surface area contributed by atoms with Crippen molar-refractivity contribution in [2.24, 2.45) is 0 Å². The zero-order valence-electron chi connectivity index (χ0n) is 14.4. The molecular formula is C20H21FN2O2. The lowest BCUT2D eigenvalue weighted by molar-refractivity contribution is -0.121. The SMILES string of the molecule is Cc1ccc(N2CC(NC(=O)Cc3ccc(F)cc3)CC2=O)cc1C. The van der Waals surface area contributed by atoms with E-state index in [1.165, 1.54) is 17.7 Å². The summed E-state index contributed by atoms with van der Waals surface area (Å²) < 4.78 is 12.9. The maximum absolute atomic E-state index is 12.9. The Morgan fingerprint density at radius 1 is 1.16 bits per heavy atom. The molecule has 0 radical (unpaired) electrons. The van der Waals surface area contributed by atoms with E-state index in [0.29, 0.717) is 13.0 Å². The number of nitrogens with one attached hydrogen (secondary N) is 1. The lowest BCUT2D eigenvalue weighted by Crippen LogP contribution is -2.38. The normalized spacial score (nSPS) is 17.0. The number of carbonyl (C=O) groups excluding carboxylic acids is 2. The van der Waals surface area contributed by atoms with Crippen molar-refractivity contribution in [2.75, 3.05) is 11.4 Å². The van der Waals surface area contributed by atoms with E-state index < -0.39 is 0 Å². The van der Waals surface area contributed by atoms with E-state index >= 15 is 0 Å². The molecule has 1 heterocycles. The van der Waals surface area contributed by atoms with Crippen molar-refractivity contribution in [3.63, 3.8) is 0 Å². The predicted octanol–water partition coefficient (Wildman–Crippen LogP) is 2.91. The van der Waals surface area contributed by atoms with E-state index in [9.17, 15) is 14.0 Å². The number of carbonyl (C=O) groups is 2. The Hall–Kier alpha value is -2.69. The fourth-order valence-corrected chi connectivity index (χ4v) is 3.01. The second kappa shape index (κ2) is 7.05. The van der Waals surface area contributed by atoms with E-state index in [2.05, 4.69) is 5.32 Å². The molecule has 1 aliphatic heterocycles. The largest absolute Gasteiger partial charge is 0.351 e. The van der Waals surface area contributed by atoms with Gasteiger partial charge in [-0.25, -0.2) is 4.39 Å². The first-order chi connectivity index (χ1) is 11.9. The van der Waals surface area contributed by atoms with Crippen LogP contribution in [0.3, 0.4) is 0 Å². The highest BCUT2D eigenvalue weighted by Gasteiger charge is 2.31. The van der Waals surface area contributed by atoms with E-state index in [1.807, 2.05) is 32.0 Å². The molecule has 1 saturated heterocycles. The quantitative estimate of drug-likeness (QED) is 0.930. The molecule has 0 aromatic heterocycles. The highest BCUT2D eigenvalue weighted by atomic mass is 19.1. The minimum absolute atomic E-state index is 0.00957. The number of hydrogen-bond acceptors (Lipinski definition) is 2. The summed E-state index contributed by atoms with van der Waals surface area (Å²) >= 11 is 0. The maximum Gasteiger partial charge on any atom is 0.229 e. The first-order valence-corrected chi connectivity index (χ1v) is 8.34. The van der Waals surface area contributed by atoms with Crippen molar-refractivity contribution in [2.45, 2.75) is 32.7 Å². The molecule has 1 unspecified atom stereocenters. The van der Waals surface area contributed by atoms with Crippen LogP contribution in [0.15, 0.2) is 42.5 Å². The molecule has 2 amide bonds. The molecule has 130 valence electrons. The third kappa shape index (κ3) is 4.05.